The summed E-state index contributed by atoms with van der Waals surface area (Å²) in [5.74, 6) is 0.135. The van der Waals surface area contributed by atoms with Crippen LogP contribution in [0.4, 0.5) is 10.1 Å². The summed E-state index contributed by atoms with van der Waals surface area (Å²) in [5, 5.41) is 3.56. The molecule has 0 fully saturated rings. The highest BCUT2D eigenvalue weighted by molar-refractivity contribution is 5.96. The Labute approximate surface area is 133 Å². The lowest BCUT2D eigenvalue weighted by atomic mass is 10.1. The number of benzene rings is 2. The molecule has 0 saturated carbocycles. The van der Waals surface area contributed by atoms with Crippen LogP contribution in [0.5, 0.6) is 5.75 Å². The van der Waals surface area contributed by atoms with Gasteiger partial charge in [0.2, 0.25) is 5.91 Å². The summed E-state index contributed by atoms with van der Waals surface area (Å²) in [4.78, 5) is 15.3. The molecule has 3 aromatic rings. The van der Waals surface area contributed by atoms with Gasteiger partial charge in [-0.05, 0) is 42.8 Å². The maximum absolute atomic E-state index is 13.4. The van der Waals surface area contributed by atoms with Gasteiger partial charge in [-0.25, -0.2) is 4.39 Å². The van der Waals surface area contributed by atoms with Crippen molar-refractivity contribution in [1.29, 1.82) is 0 Å². The second-order valence-electron chi connectivity index (χ2n) is 5.16. The number of carbonyl (C=O) groups is 1. The van der Waals surface area contributed by atoms with Gasteiger partial charge in [-0.1, -0.05) is 12.1 Å². The molecule has 0 aliphatic carbocycles. The highest BCUT2D eigenvalue weighted by atomic mass is 19.1. The standard InChI is InChI=1S/C18H17FN2O2/c1-2-23-17-6-4-3-5-16(17)21-18(22)9-12-11-20-15-8-7-13(19)10-14(12)15/h3-8,10-11,20H,2,9H2,1H3,(H,21,22). The van der Waals surface area contributed by atoms with Gasteiger partial charge in [0.15, 0.2) is 0 Å². The SMILES string of the molecule is CCOc1ccccc1NC(=O)Cc1c[nH]c2ccc(F)cc12. The number of halogens is 1. The number of rotatable bonds is 5. The Morgan fingerprint density at radius 3 is 2.91 bits per heavy atom. The van der Waals surface area contributed by atoms with Crippen LogP contribution in [0, 0.1) is 5.82 Å². The predicted molar refractivity (Wildman–Crippen MR) is 88.2 cm³/mol. The summed E-state index contributed by atoms with van der Waals surface area (Å²) in [5.41, 5.74) is 2.19. The number of ether oxygens (including phenoxy) is 1. The normalized spacial score (nSPS) is 10.7. The van der Waals surface area contributed by atoms with Crippen molar-refractivity contribution in [3.05, 3.63) is 60.0 Å². The number of para-hydroxylation sites is 2. The quantitative estimate of drug-likeness (QED) is 0.751. The van der Waals surface area contributed by atoms with Crippen molar-refractivity contribution >= 4 is 22.5 Å². The summed E-state index contributed by atoms with van der Waals surface area (Å²) >= 11 is 0. The number of carbonyl (C=O) groups excluding carboxylic acids is 1. The fraction of sp³-hybridized carbons (Fsp3) is 0.167. The number of fused-ring (bicyclic) bond motifs is 1. The average Bonchev–Trinajstić information content (AvgIpc) is 2.92. The van der Waals surface area contributed by atoms with Crippen molar-refractivity contribution in [2.24, 2.45) is 0 Å². The van der Waals surface area contributed by atoms with Gasteiger partial charge in [0, 0.05) is 17.1 Å². The minimum absolute atomic E-state index is 0.157. The molecule has 0 saturated heterocycles. The van der Waals surface area contributed by atoms with E-state index in [2.05, 4.69) is 10.3 Å². The lowest BCUT2D eigenvalue weighted by molar-refractivity contribution is -0.115. The van der Waals surface area contributed by atoms with Crippen LogP contribution in [-0.2, 0) is 11.2 Å². The van der Waals surface area contributed by atoms with Gasteiger partial charge in [-0.2, -0.15) is 0 Å². The Kier molecular flexibility index (Phi) is 4.28. The van der Waals surface area contributed by atoms with Gasteiger partial charge in [-0.15, -0.1) is 0 Å². The molecule has 0 aliphatic heterocycles. The molecule has 118 valence electrons. The second-order valence-corrected chi connectivity index (χ2v) is 5.16. The van der Waals surface area contributed by atoms with E-state index in [9.17, 15) is 9.18 Å². The third-order valence-corrected chi connectivity index (χ3v) is 3.54. The van der Waals surface area contributed by atoms with E-state index in [1.807, 2.05) is 19.1 Å². The maximum atomic E-state index is 13.4. The molecule has 1 aromatic heterocycles. The van der Waals surface area contributed by atoms with Crippen LogP contribution >= 0.6 is 0 Å². The van der Waals surface area contributed by atoms with E-state index in [1.165, 1.54) is 12.1 Å². The summed E-state index contributed by atoms with van der Waals surface area (Å²) < 4.78 is 18.9. The first-order chi connectivity index (χ1) is 11.2. The molecule has 0 spiro atoms. The number of H-pyrrole nitrogens is 1. The Bertz CT molecular complexity index is 842. The molecule has 0 radical (unpaired) electrons. The smallest absolute Gasteiger partial charge is 0.228 e. The first-order valence-electron chi connectivity index (χ1n) is 7.44. The largest absolute Gasteiger partial charge is 0.492 e. The van der Waals surface area contributed by atoms with Crippen LogP contribution in [0.15, 0.2) is 48.7 Å². The van der Waals surface area contributed by atoms with E-state index in [-0.39, 0.29) is 18.1 Å². The third kappa shape index (κ3) is 3.34. The van der Waals surface area contributed by atoms with Crippen molar-refractivity contribution in [1.82, 2.24) is 4.98 Å². The van der Waals surface area contributed by atoms with Gasteiger partial charge in [0.25, 0.3) is 0 Å². The number of aromatic amines is 1. The van der Waals surface area contributed by atoms with E-state index in [4.69, 9.17) is 4.74 Å². The summed E-state index contributed by atoms with van der Waals surface area (Å²) in [6, 6.07) is 11.8. The van der Waals surface area contributed by atoms with Gasteiger partial charge in [0.1, 0.15) is 11.6 Å². The van der Waals surface area contributed by atoms with E-state index in [0.717, 1.165) is 16.5 Å². The van der Waals surface area contributed by atoms with Gasteiger partial charge >= 0.3 is 0 Å². The molecule has 4 nitrogen and oxygen atoms in total. The molecule has 1 heterocycles. The molecular formula is C18H17FN2O2. The summed E-state index contributed by atoms with van der Waals surface area (Å²) in [6.07, 6.45) is 1.89. The topological polar surface area (TPSA) is 54.1 Å². The first kappa shape index (κ1) is 15.1. The van der Waals surface area contributed by atoms with Gasteiger partial charge in [0.05, 0.1) is 18.7 Å². The summed E-state index contributed by atoms with van der Waals surface area (Å²) in [6.45, 7) is 2.41. The zero-order valence-corrected chi connectivity index (χ0v) is 12.7. The lowest BCUT2D eigenvalue weighted by Crippen LogP contribution is -2.15. The van der Waals surface area contributed by atoms with Crippen molar-refractivity contribution in [2.75, 3.05) is 11.9 Å². The number of anilines is 1. The molecule has 23 heavy (non-hydrogen) atoms. The molecular weight excluding hydrogens is 295 g/mol. The fourth-order valence-corrected chi connectivity index (χ4v) is 2.52. The Morgan fingerprint density at radius 2 is 2.09 bits per heavy atom. The van der Waals surface area contributed by atoms with E-state index >= 15 is 0 Å². The van der Waals surface area contributed by atoms with Crippen molar-refractivity contribution in [3.63, 3.8) is 0 Å². The number of amides is 1. The maximum Gasteiger partial charge on any atom is 0.228 e. The predicted octanol–water partition coefficient (Wildman–Crippen LogP) is 3.89. The molecule has 2 aromatic carbocycles. The minimum Gasteiger partial charge on any atom is -0.492 e. The Morgan fingerprint density at radius 1 is 1.26 bits per heavy atom. The van der Waals surface area contributed by atoms with Crippen LogP contribution in [-0.4, -0.2) is 17.5 Å². The average molecular weight is 312 g/mol. The number of hydrogen-bond donors (Lipinski definition) is 2. The van der Waals surface area contributed by atoms with Crippen LogP contribution in [0.3, 0.4) is 0 Å². The van der Waals surface area contributed by atoms with Gasteiger partial charge in [-0.3, -0.25) is 4.79 Å². The van der Waals surface area contributed by atoms with E-state index < -0.39 is 0 Å². The Hall–Kier alpha value is -2.82. The molecule has 0 aliphatic rings. The molecule has 1 amide bonds. The van der Waals surface area contributed by atoms with Crippen LogP contribution in [0.2, 0.25) is 0 Å². The molecule has 3 rings (SSSR count). The van der Waals surface area contributed by atoms with Crippen LogP contribution < -0.4 is 10.1 Å². The first-order valence-corrected chi connectivity index (χ1v) is 7.44. The van der Waals surface area contributed by atoms with E-state index in [1.54, 1.807) is 24.4 Å². The molecule has 0 unspecified atom stereocenters. The molecule has 2 N–H and O–H groups in total. The number of hydrogen-bond acceptors (Lipinski definition) is 2. The van der Waals surface area contributed by atoms with Crippen molar-refractivity contribution in [2.45, 2.75) is 13.3 Å². The van der Waals surface area contributed by atoms with Gasteiger partial charge < -0.3 is 15.0 Å². The molecule has 0 atom stereocenters. The highest BCUT2D eigenvalue weighted by Crippen LogP contribution is 2.25. The van der Waals surface area contributed by atoms with Crippen LogP contribution in [0.25, 0.3) is 10.9 Å². The molecule has 5 heteroatoms. The highest BCUT2D eigenvalue weighted by Gasteiger charge is 2.11. The lowest BCUT2D eigenvalue weighted by Gasteiger charge is -2.11. The minimum atomic E-state index is -0.319. The van der Waals surface area contributed by atoms with Crippen LogP contribution in [0.1, 0.15) is 12.5 Å². The van der Waals surface area contributed by atoms with E-state index in [0.29, 0.717) is 18.0 Å². The zero-order valence-electron chi connectivity index (χ0n) is 12.7. The second kappa shape index (κ2) is 6.52. The van der Waals surface area contributed by atoms with Crippen molar-refractivity contribution in [3.8, 4) is 5.75 Å². The number of nitrogens with one attached hydrogen (secondary N) is 2. The number of aromatic nitrogens is 1. The fourth-order valence-electron chi connectivity index (χ4n) is 2.52. The van der Waals surface area contributed by atoms with Crippen molar-refractivity contribution < 1.29 is 13.9 Å². The monoisotopic (exact) mass is 312 g/mol. The third-order valence-electron chi connectivity index (χ3n) is 3.54. The zero-order chi connectivity index (χ0) is 16.2. The summed E-state index contributed by atoms with van der Waals surface area (Å²) in [7, 11) is 0. The Balaban J connectivity index is 1.78. The molecule has 0 bridgehead atoms.